The van der Waals surface area contributed by atoms with Gasteiger partial charge in [-0.3, -0.25) is 14.7 Å². The lowest BCUT2D eigenvalue weighted by molar-refractivity contribution is -0.118. The molecule has 5 heteroatoms. The Labute approximate surface area is 221 Å². The van der Waals surface area contributed by atoms with Gasteiger partial charge in [-0.15, -0.1) is 0 Å². The lowest BCUT2D eigenvalue weighted by Gasteiger charge is -2.16. The van der Waals surface area contributed by atoms with E-state index in [0.29, 0.717) is 16.8 Å². The molecule has 1 aliphatic carbocycles. The van der Waals surface area contributed by atoms with E-state index < -0.39 is 5.41 Å². The highest BCUT2D eigenvalue weighted by molar-refractivity contribution is 6.11. The number of fused-ring (bicyclic) bond motifs is 1. The predicted octanol–water partition coefficient (Wildman–Crippen LogP) is 6.94. The second-order valence-corrected chi connectivity index (χ2v) is 9.93. The zero-order chi connectivity index (χ0) is 26.1. The minimum absolute atomic E-state index is 0.0269. The number of nitrogens with zero attached hydrogens (tertiary/aromatic N) is 1. The molecule has 0 bridgehead atoms. The van der Waals surface area contributed by atoms with Crippen LogP contribution in [-0.2, 0) is 10.2 Å². The van der Waals surface area contributed by atoms with E-state index in [1.165, 1.54) is 5.56 Å². The van der Waals surface area contributed by atoms with Crippen molar-refractivity contribution in [2.45, 2.75) is 25.2 Å². The third kappa shape index (κ3) is 4.55. The van der Waals surface area contributed by atoms with E-state index in [1.807, 2.05) is 97.9 Å². The molecule has 0 radical (unpaired) electrons. The number of aryl methyl sites for hydroxylation is 1. The number of amides is 1. The van der Waals surface area contributed by atoms with Crippen LogP contribution in [0.1, 0.15) is 51.1 Å². The highest BCUT2D eigenvalue weighted by Crippen LogP contribution is 2.49. The first-order valence-electron chi connectivity index (χ1n) is 12.8. The van der Waals surface area contributed by atoms with Crippen LogP contribution >= 0.6 is 0 Å². The van der Waals surface area contributed by atoms with Gasteiger partial charge in [0.1, 0.15) is 0 Å². The zero-order valence-electron chi connectivity index (χ0n) is 21.1. The number of carbonyl (C=O) groups is 2. The van der Waals surface area contributed by atoms with Gasteiger partial charge in [0.05, 0.1) is 16.6 Å². The normalized spacial score (nSPS) is 14.0. The number of H-pyrrole nitrogens is 1. The molecule has 0 saturated heterocycles. The van der Waals surface area contributed by atoms with Crippen LogP contribution in [0.4, 0.5) is 5.69 Å². The number of carbonyl (C=O) groups excluding carboxylic acids is 2. The molecule has 1 heterocycles. The summed E-state index contributed by atoms with van der Waals surface area (Å²) in [5.41, 5.74) is 6.13. The minimum atomic E-state index is -0.480. The van der Waals surface area contributed by atoms with Gasteiger partial charge in [0, 0.05) is 22.2 Å². The minimum Gasteiger partial charge on any atom is -0.325 e. The molecule has 1 aromatic heterocycles. The van der Waals surface area contributed by atoms with Crippen molar-refractivity contribution in [3.63, 3.8) is 0 Å². The van der Waals surface area contributed by atoms with Crippen molar-refractivity contribution < 1.29 is 9.59 Å². The summed E-state index contributed by atoms with van der Waals surface area (Å²) in [6, 6.07) is 30.9. The molecule has 5 nitrogen and oxygen atoms in total. The Balaban J connectivity index is 1.20. The van der Waals surface area contributed by atoms with E-state index in [9.17, 15) is 9.59 Å². The average Bonchev–Trinajstić information content (AvgIpc) is 3.67. The largest absolute Gasteiger partial charge is 0.325 e. The summed E-state index contributed by atoms with van der Waals surface area (Å²) in [6.45, 7) is 2.04. The first kappa shape index (κ1) is 23.6. The Hall–Kier alpha value is -4.77. The number of benzene rings is 4. The number of aromatic amines is 1. The highest BCUT2D eigenvalue weighted by atomic mass is 16.2. The quantitative estimate of drug-likeness (QED) is 0.239. The van der Waals surface area contributed by atoms with Crippen LogP contribution in [0, 0.1) is 6.92 Å². The molecule has 0 atom stereocenters. The summed E-state index contributed by atoms with van der Waals surface area (Å²) in [4.78, 5) is 26.6. The Kier molecular flexibility index (Phi) is 5.97. The number of hydrogen-bond donors (Lipinski definition) is 2. The first-order chi connectivity index (χ1) is 18.5. The van der Waals surface area contributed by atoms with Crippen LogP contribution in [0.5, 0.6) is 0 Å². The van der Waals surface area contributed by atoms with E-state index in [0.717, 1.165) is 40.6 Å². The lowest BCUT2D eigenvalue weighted by Crippen LogP contribution is -2.27. The van der Waals surface area contributed by atoms with Crippen molar-refractivity contribution >= 4 is 40.4 Å². The van der Waals surface area contributed by atoms with Gasteiger partial charge in [0.15, 0.2) is 5.78 Å². The molecule has 4 aromatic carbocycles. The third-order valence-electron chi connectivity index (χ3n) is 7.26. The van der Waals surface area contributed by atoms with Crippen molar-refractivity contribution in [2.75, 3.05) is 5.32 Å². The molecule has 1 amide bonds. The summed E-state index contributed by atoms with van der Waals surface area (Å²) in [6.07, 6.45) is 5.63. The average molecular weight is 498 g/mol. The molecule has 6 rings (SSSR count). The van der Waals surface area contributed by atoms with Crippen molar-refractivity contribution in [3.05, 3.63) is 131 Å². The number of hydrogen-bond acceptors (Lipinski definition) is 3. The Morgan fingerprint density at radius 2 is 1.61 bits per heavy atom. The topological polar surface area (TPSA) is 74.8 Å². The van der Waals surface area contributed by atoms with Crippen molar-refractivity contribution in [1.29, 1.82) is 0 Å². The molecule has 0 aliphatic heterocycles. The lowest BCUT2D eigenvalue weighted by atomic mass is 9.94. The SMILES string of the molecule is Cc1ccc(C2(C(=O)Nc3cccc(C(=O)c4ccc5c(/C=C/c6ccccc6)n[nH]c5c4)c3)CC2)cc1. The molecule has 1 saturated carbocycles. The smallest absolute Gasteiger partial charge is 0.235 e. The standard InChI is InChI=1S/C33H27N3O2/c1-22-10-14-26(15-11-22)33(18-19-33)32(38)34-27-9-5-8-24(20-27)31(37)25-13-16-28-29(35-36-30(28)21-25)17-12-23-6-3-2-4-7-23/h2-17,20-21H,18-19H2,1H3,(H,34,38)(H,35,36)/b17-12+. The number of nitrogens with one attached hydrogen (secondary N) is 2. The monoisotopic (exact) mass is 497 g/mol. The van der Waals surface area contributed by atoms with E-state index in [4.69, 9.17) is 0 Å². The maximum Gasteiger partial charge on any atom is 0.235 e. The molecule has 0 unspecified atom stereocenters. The summed E-state index contributed by atoms with van der Waals surface area (Å²) in [5, 5.41) is 11.5. The van der Waals surface area contributed by atoms with Crippen LogP contribution in [-0.4, -0.2) is 21.9 Å². The zero-order valence-corrected chi connectivity index (χ0v) is 21.1. The van der Waals surface area contributed by atoms with Gasteiger partial charge in [-0.05, 0) is 61.2 Å². The molecule has 38 heavy (non-hydrogen) atoms. The van der Waals surface area contributed by atoms with Gasteiger partial charge >= 0.3 is 0 Å². The number of ketones is 1. The fourth-order valence-corrected chi connectivity index (χ4v) is 4.85. The molecule has 2 N–H and O–H groups in total. The van der Waals surface area contributed by atoms with Crippen LogP contribution < -0.4 is 5.32 Å². The summed E-state index contributed by atoms with van der Waals surface area (Å²) in [7, 11) is 0. The number of anilines is 1. The van der Waals surface area contributed by atoms with E-state index >= 15 is 0 Å². The van der Waals surface area contributed by atoms with Crippen molar-refractivity contribution in [1.82, 2.24) is 10.2 Å². The van der Waals surface area contributed by atoms with Gasteiger partial charge in [0.2, 0.25) is 5.91 Å². The molecule has 186 valence electrons. The fourth-order valence-electron chi connectivity index (χ4n) is 4.85. The second-order valence-electron chi connectivity index (χ2n) is 9.93. The molecular weight excluding hydrogens is 470 g/mol. The Morgan fingerprint density at radius 1 is 0.842 bits per heavy atom. The van der Waals surface area contributed by atoms with Gasteiger partial charge in [-0.25, -0.2) is 0 Å². The van der Waals surface area contributed by atoms with Gasteiger partial charge < -0.3 is 5.32 Å². The summed E-state index contributed by atoms with van der Waals surface area (Å²) in [5.74, 6) is -0.139. The number of rotatable bonds is 7. The first-order valence-corrected chi connectivity index (χ1v) is 12.8. The fraction of sp³-hybridized carbons (Fsp3) is 0.121. The van der Waals surface area contributed by atoms with Crippen LogP contribution in [0.15, 0.2) is 97.1 Å². The molecule has 1 fully saturated rings. The maximum absolute atomic E-state index is 13.3. The van der Waals surface area contributed by atoms with Crippen molar-refractivity contribution in [3.8, 4) is 0 Å². The van der Waals surface area contributed by atoms with Gasteiger partial charge in [0.25, 0.3) is 0 Å². The highest BCUT2D eigenvalue weighted by Gasteiger charge is 2.51. The summed E-state index contributed by atoms with van der Waals surface area (Å²) >= 11 is 0. The summed E-state index contributed by atoms with van der Waals surface area (Å²) < 4.78 is 0. The molecule has 0 spiro atoms. The van der Waals surface area contributed by atoms with Gasteiger partial charge in [-0.1, -0.05) is 84.4 Å². The van der Waals surface area contributed by atoms with E-state index in [2.05, 4.69) is 15.5 Å². The van der Waals surface area contributed by atoms with Gasteiger partial charge in [-0.2, -0.15) is 5.10 Å². The van der Waals surface area contributed by atoms with Crippen LogP contribution in [0.25, 0.3) is 23.1 Å². The Morgan fingerprint density at radius 3 is 2.37 bits per heavy atom. The predicted molar refractivity (Wildman–Crippen MR) is 152 cm³/mol. The maximum atomic E-state index is 13.3. The molecular formula is C33H27N3O2. The number of aromatic nitrogens is 2. The molecule has 5 aromatic rings. The van der Waals surface area contributed by atoms with Crippen molar-refractivity contribution in [2.24, 2.45) is 0 Å². The van der Waals surface area contributed by atoms with E-state index in [1.54, 1.807) is 18.2 Å². The Bertz CT molecular complexity index is 1680. The second kappa shape index (κ2) is 9.60. The third-order valence-corrected chi connectivity index (χ3v) is 7.26. The molecule has 1 aliphatic rings. The van der Waals surface area contributed by atoms with E-state index in [-0.39, 0.29) is 11.7 Å². The van der Waals surface area contributed by atoms with Crippen LogP contribution in [0.2, 0.25) is 0 Å². The van der Waals surface area contributed by atoms with Crippen LogP contribution in [0.3, 0.4) is 0 Å².